The van der Waals surface area contributed by atoms with Crippen molar-refractivity contribution in [1.82, 2.24) is 15.5 Å². The summed E-state index contributed by atoms with van der Waals surface area (Å²) in [6.45, 7) is 1.55. The number of likely N-dealkylation sites (N-methyl/N-ethyl adjacent to an activating group) is 1. The van der Waals surface area contributed by atoms with E-state index in [1.54, 1.807) is 23.3 Å². The molecule has 2 rings (SSSR count). The van der Waals surface area contributed by atoms with Gasteiger partial charge in [-0.25, -0.2) is 8.42 Å². The summed E-state index contributed by atoms with van der Waals surface area (Å²) in [5.41, 5.74) is 0.495. The minimum Gasteiger partial charge on any atom is -0.351 e. The summed E-state index contributed by atoms with van der Waals surface area (Å²) in [5.74, 6) is 0.146. The highest BCUT2D eigenvalue weighted by Crippen LogP contribution is 2.15. The van der Waals surface area contributed by atoms with Crippen molar-refractivity contribution < 1.29 is 13.2 Å². The maximum absolute atomic E-state index is 11.8. The average Bonchev–Trinajstić information content (AvgIpc) is 2.37. The molecule has 0 saturated carbocycles. The van der Waals surface area contributed by atoms with Crippen LogP contribution in [0.25, 0.3) is 0 Å². The van der Waals surface area contributed by atoms with Crippen molar-refractivity contribution in [2.45, 2.75) is 0 Å². The highest BCUT2D eigenvalue weighted by Gasteiger charge is 2.24. The zero-order valence-corrected chi connectivity index (χ0v) is 12.6. The van der Waals surface area contributed by atoms with Crippen molar-refractivity contribution in [2.24, 2.45) is 4.40 Å². The van der Waals surface area contributed by atoms with Crippen LogP contribution in [-0.2, 0) is 14.8 Å². The third-order valence-electron chi connectivity index (χ3n) is 2.75. The fourth-order valence-corrected chi connectivity index (χ4v) is 2.71. The topological polar surface area (TPSA) is 90.9 Å². The van der Waals surface area contributed by atoms with E-state index in [9.17, 15) is 13.2 Å². The molecule has 9 heteroatoms. The summed E-state index contributed by atoms with van der Waals surface area (Å²) < 4.78 is 26.3. The van der Waals surface area contributed by atoms with Gasteiger partial charge in [-0.2, -0.15) is 0 Å². The van der Waals surface area contributed by atoms with Gasteiger partial charge in [-0.1, -0.05) is 0 Å². The highest BCUT2D eigenvalue weighted by atomic mass is 35.5. The standard InChI is InChI=1S/C11H16N4O3S.ClH/c1-12-4-5-13-11(16)9-2-3-10-14-19(17,18)7-6-15(10)8-9;/h2-3,8,12H,4-7H2,1H3,(H,13,16);1H. The second-order valence-electron chi connectivity index (χ2n) is 4.21. The Bertz CT molecular complexity index is 568. The first kappa shape index (κ1) is 16.7. The zero-order valence-electron chi connectivity index (χ0n) is 11.0. The van der Waals surface area contributed by atoms with Crippen LogP contribution in [0, 0.1) is 0 Å². The van der Waals surface area contributed by atoms with Crippen molar-refractivity contribution in [3.8, 4) is 0 Å². The van der Waals surface area contributed by atoms with Crippen molar-refractivity contribution in [3.05, 3.63) is 23.9 Å². The van der Waals surface area contributed by atoms with Crippen molar-refractivity contribution in [1.29, 1.82) is 0 Å². The van der Waals surface area contributed by atoms with Gasteiger partial charge in [-0.3, -0.25) is 4.79 Å². The Labute approximate surface area is 124 Å². The fraction of sp³-hybridized carbons (Fsp3) is 0.455. The number of amidine groups is 1. The van der Waals surface area contributed by atoms with Crippen LogP contribution in [0.3, 0.4) is 0 Å². The Morgan fingerprint density at radius 3 is 2.85 bits per heavy atom. The van der Waals surface area contributed by atoms with Crippen LogP contribution in [0.2, 0.25) is 0 Å². The van der Waals surface area contributed by atoms with E-state index in [1.165, 1.54) is 0 Å². The number of nitrogens with one attached hydrogen (secondary N) is 2. The van der Waals surface area contributed by atoms with Gasteiger partial charge in [0.15, 0.2) is 0 Å². The number of hydrogen-bond acceptors (Lipinski definition) is 5. The fourth-order valence-electron chi connectivity index (χ4n) is 1.74. The predicted octanol–water partition coefficient (Wildman–Crippen LogP) is -0.759. The van der Waals surface area contributed by atoms with E-state index in [1.807, 2.05) is 7.05 Å². The van der Waals surface area contributed by atoms with Gasteiger partial charge in [-0.05, 0) is 19.2 Å². The molecule has 2 heterocycles. The lowest BCUT2D eigenvalue weighted by Crippen LogP contribution is -2.38. The van der Waals surface area contributed by atoms with Crippen LogP contribution < -0.4 is 10.6 Å². The predicted molar refractivity (Wildman–Crippen MR) is 79.3 cm³/mol. The molecule has 0 saturated heterocycles. The molecule has 0 aromatic carbocycles. The van der Waals surface area contributed by atoms with Crippen LogP contribution in [-0.4, -0.2) is 57.5 Å². The third kappa shape index (κ3) is 4.06. The molecule has 2 aliphatic heterocycles. The number of carbonyl (C=O) groups excluding carboxylic acids is 1. The summed E-state index contributed by atoms with van der Waals surface area (Å²) >= 11 is 0. The van der Waals surface area contributed by atoms with Gasteiger partial charge >= 0.3 is 0 Å². The molecule has 0 fully saturated rings. The van der Waals surface area contributed by atoms with E-state index in [2.05, 4.69) is 15.0 Å². The Kier molecular flexibility index (Phi) is 5.73. The number of amides is 1. The lowest BCUT2D eigenvalue weighted by Gasteiger charge is -2.26. The first-order valence-electron chi connectivity index (χ1n) is 5.94. The highest BCUT2D eigenvalue weighted by molar-refractivity contribution is 7.90. The van der Waals surface area contributed by atoms with Gasteiger partial charge in [0, 0.05) is 25.8 Å². The Morgan fingerprint density at radius 2 is 2.15 bits per heavy atom. The van der Waals surface area contributed by atoms with E-state index >= 15 is 0 Å². The molecule has 1 amide bonds. The molecule has 0 atom stereocenters. The second kappa shape index (κ2) is 6.87. The Hall–Kier alpha value is -1.38. The summed E-state index contributed by atoms with van der Waals surface area (Å²) in [5, 5.41) is 5.69. The zero-order chi connectivity index (χ0) is 13.9. The number of hydrogen-bond donors (Lipinski definition) is 2. The summed E-state index contributed by atoms with van der Waals surface area (Å²) in [7, 11) is -1.54. The first-order valence-corrected chi connectivity index (χ1v) is 7.55. The van der Waals surface area contributed by atoms with Gasteiger partial charge in [0.25, 0.3) is 15.9 Å². The van der Waals surface area contributed by atoms with E-state index in [0.29, 0.717) is 31.0 Å². The third-order valence-corrected chi connectivity index (χ3v) is 3.91. The smallest absolute Gasteiger partial charge is 0.256 e. The monoisotopic (exact) mass is 320 g/mol. The maximum Gasteiger partial charge on any atom is 0.256 e. The minimum atomic E-state index is -3.35. The van der Waals surface area contributed by atoms with E-state index in [0.717, 1.165) is 0 Å². The van der Waals surface area contributed by atoms with Crippen LogP contribution in [0.1, 0.15) is 0 Å². The van der Waals surface area contributed by atoms with Crippen molar-refractivity contribution in [3.63, 3.8) is 0 Å². The summed E-state index contributed by atoms with van der Waals surface area (Å²) in [4.78, 5) is 13.5. The molecule has 0 bridgehead atoms. The van der Waals surface area contributed by atoms with Gasteiger partial charge in [0.05, 0.1) is 11.3 Å². The molecule has 20 heavy (non-hydrogen) atoms. The van der Waals surface area contributed by atoms with Crippen molar-refractivity contribution in [2.75, 3.05) is 32.4 Å². The molecule has 0 spiro atoms. The molecule has 0 aliphatic carbocycles. The minimum absolute atomic E-state index is 0. The molecular formula is C11H17ClN4O3S. The summed E-state index contributed by atoms with van der Waals surface area (Å²) in [6.07, 6.45) is 4.75. The molecule has 0 aromatic rings. The first-order chi connectivity index (χ1) is 9.02. The van der Waals surface area contributed by atoms with Crippen molar-refractivity contribution >= 4 is 34.2 Å². The Morgan fingerprint density at radius 1 is 1.40 bits per heavy atom. The second-order valence-corrected chi connectivity index (χ2v) is 5.96. The van der Waals surface area contributed by atoms with Crippen LogP contribution in [0.4, 0.5) is 0 Å². The van der Waals surface area contributed by atoms with Gasteiger partial charge in [-0.15, -0.1) is 16.8 Å². The molecular weight excluding hydrogens is 304 g/mol. The van der Waals surface area contributed by atoms with Crippen LogP contribution >= 0.6 is 12.4 Å². The number of fused-ring (bicyclic) bond motifs is 1. The number of carbonyl (C=O) groups is 1. The largest absolute Gasteiger partial charge is 0.351 e. The van der Waals surface area contributed by atoms with Gasteiger partial charge in [0.1, 0.15) is 5.84 Å². The molecule has 0 radical (unpaired) electrons. The molecule has 2 aliphatic rings. The molecule has 7 nitrogen and oxygen atoms in total. The molecule has 2 N–H and O–H groups in total. The summed E-state index contributed by atoms with van der Waals surface area (Å²) in [6, 6.07) is 0. The number of sulfonamides is 1. The lowest BCUT2D eigenvalue weighted by molar-refractivity contribution is -0.117. The normalized spacial score (nSPS) is 19.4. The number of nitrogens with zero attached hydrogens (tertiary/aromatic N) is 2. The molecule has 112 valence electrons. The van der Waals surface area contributed by atoms with Gasteiger partial charge < -0.3 is 15.5 Å². The lowest BCUT2D eigenvalue weighted by atomic mass is 10.2. The molecule has 0 aromatic heterocycles. The SMILES string of the molecule is CNCCNC(=O)C1=CN2CCS(=O)(=O)N=C2C=C1.Cl. The molecule has 0 unspecified atom stereocenters. The Balaban J connectivity index is 0.00000200. The van der Waals surface area contributed by atoms with E-state index < -0.39 is 10.0 Å². The van der Waals surface area contributed by atoms with Crippen LogP contribution in [0.15, 0.2) is 28.3 Å². The number of rotatable bonds is 4. The van der Waals surface area contributed by atoms with Crippen LogP contribution in [0.5, 0.6) is 0 Å². The average molecular weight is 321 g/mol. The van der Waals surface area contributed by atoms with E-state index in [-0.39, 0.29) is 24.1 Å². The van der Waals surface area contributed by atoms with Gasteiger partial charge in [0.2, 0.25) is 0 Å². The quantitative estimate of drug-likeness (QED) is 0.665. The maximum atomic E-state index is 11.8. The van der Waals surface area contributed by atoms with E-state index in [4.69, 9.17) is 0 Å². The number of halogens is 1.